The highest BCUT2D eigenvalue weighted by Crippen LogP contribution is 2.31. The average molecular weight is 266 g/mol. The van der Waals surface area contributed by atoms with Crippen molar-refractivity contribution in [2.24, 2.45) is 0 Å². The van der Waals surface area contributed by atoms with Crippen LogP contribution in [0, 0.1) is 11.3 Å². The topological polar surface area (TPSA) is 78.2 Å². The van der Waals surface area contributed by atoms with Gasteiger partial charge >= 0.3 is 0 Å². The lowest BCUT2D eigenvalue weighted by molar-refractivity contribution is 0.458. The number of hydrogen-bond donors (Lipinski definition) is 1. The summed E-state index contributed by atoms with van der Waals surface area (Å²) in [5.41, 5.74) is 0.218. The molecule has 0 spiro atoms. The third-order valence-corrected chi connectivity index (χ3v) is 3.37. The summed E-state index contributed by atoms with van der Waals surface area (Å²) in [6.45, 7) is 0. The Morgan fingerprint density at radius 1 is 1.47 bits per heavy atom. The zero-order valence-corrected chi connectivity index (χ0v) is 9.57. The standard InChI is InChI=1S/C8H5Cl2NO3S/c9-3-6-1-5(4-11)2-7(12)8(6)15(10,13)14/h1-2,12H,3H2. The summed E-state index contributed by atoms with van der Waals surface area (Å²) in [4.78, 5) is -0.446. The van der Waals surface area contributed by atoms with Gasteiger partial charge in [0.1, 0.15) is 10.6 Å². The maximum absolute atomic E-state index is 11.1. The smallest absolute Gasteiger partial charge is 0.265 e. The van der Waals surface area contributed by atoms with Crippen LogP contribution in [0.1, 0.15) is 11.1 Å². The number of phenolic OH excluding ortho intramolecular Hbond substituents is 1. The summed E-state index contributed by atoms with van der Waals surface area (Å²) < 4.78 is 22.2. The normalized spacial score (nSPS) is 11.0. The first-order valence-electron chi connectivity index (χ1n) is 3.66. The van der Waals surface area contributed by atoms with Crippen molar-refractivity contribution in [3.05, 3.63) is 23.3 Å². The molecule has 4 nitrogen and oxygen atoms in total. The fourth-order valence-corrected chi connectivity index (χ4v) is 2.70. The van der Waals surface area contributed by atoms with Gasteiger partial charge in [-0.25, -0.2) is 8.42 Å². The molecule has 0 aliphatic rings. The van der Waals surface area contributed by atoms with Crippen LogP contribution in [0.3, 0.4) is 0 Å². The molecular weight excluding hydrogens is 261 g/mol. The van der Waals surface area contributed by atoms with Gasteiger partial charge in [0.25, 0.3) is 9.05 Å². The Kier molecular flexibility index (Phi) is 3.45. The molecule has 0 aliphatic heterocycles. The molecule has 0 saturated heterocycles. The van der Waals surface area contributed by atoms with Crippen molar-refractivity contribution in [1.29, 1.82) is 5.26 Å². The third-order valence-electron chi connectivity index (χ3n) is 1.66. The van der Waals surface area contributed by atoms with Gasteiger partial charge in [0.05, 0.1) is 11.6 Å². The van der Waals surface area contributed by atoms with E-state index in [9.17, 15) is 13.5 Å². The molecule has 0 unspecified atom stereocenters. The van der Waals surface area contributed by atoms with E-state index in [1.54, 1.807) is 6.07 Å². The first kappa shape index (κ1) is 12.1. The van der Waals surface area contributed by atoms with Crippen LogP contribution in [0.15, 0.2) is 17.0 Å². The van der Waals surface area contributed by atoms with Gasteiger partial charge in [-0.05, 0) is 17.7 Å². The van der Waals surface area contributed by atoms with Crippen LogP contribution in [-0.4, -0.2) is 13.5 Å². The predicted molar refractivity (Wildman–Crippen MR) is 55.4 cm³/mol. The molecular formula is C8H5Cl2NO3S. The highest BCUT2D eigenvalue weighted by atomic mass is 35.7. The summed E-state index contributed by atoms with van der Waals surface area (Å²) in [5.74, 6) is -0.732. The fourth-order valence-electron chi connectivity index (χ4n) is 1.12. The van der Waals surface area contributed by atoms with Crippen LogP contribution in [0.2, 0.25) is 0 Å². The second-order valence-corrected chi connectivity index (χ2v) is 5.44. The maximum atomic E-state index is 11.1. The van der Waals surface area contributed by atoms with Crippen LogP contribution in [0.25, 0.3) is 0 Å². The number of aromatic hydroxyl groups is 1. The highest BCUT2D eigenvalue weighted by molar-refractivity contribution is 8.13. The molecule has 0 atom stereocenters. The predicted octanol–water partition coefficient (Wildman–Crippen LogP) is 1.93. The van der Waals surface area contributed by atoms with Gasteiger partial charge in [0, 0.05) is 16.6 Å². The molecule has 0 saturated carbocycles. The molecule has 0 aliphatic carbocycles. The SMILES string of the molecule is N#Cc1cc(O)c(S(=O)(=O)Cl)c(CCl)c1. The van der Waals surface area contributed by atoms with Crippen LogP contribution < -0.4 is 0 Å². The Bertz CT molecular complexity index is 534. The van der Waals surface area contributed by atoms with E-state index in [4.69, 9.17) is 27.5 Å². The van der Waals surface area contributed by atoms with Crippen LogP contribution in [0.4, 0.5) is 0 Å². The van der Waals surface area contributed by atoms with E-state index >= 15 is 0 Å². The Balaban J connectivity index is 3.61. The lowest BCUT2D eigenvalue weighted by atomic mass is 10.1. The first-order valence-corrected chi connectivity index (χ1v) is 6.51. The van der Waals surface area contributed by atoms with Gasteiger partial charge in [-0.3, -0.25) is 0 Å². The van der Waals surface area contributed by atoms with E-state index in [-0.39, 0.29) is 17.0 Å². The molecule has 1 aromatic carbocycles. The van der Waals surface area contributed by atoms with Crippen molar-refractivity contribution in [2.75, 3.05) is 0 Å². The zero-order chi connectivity index (χ0) is 11.6. The van der Waals surface area contributed by atoms with E-state index < -0.39 is 19.7 Å². The molecule has 1 aromatic rings. The minimum atomic E-state index is -4.07. The number of phenols is 1. The van der Waals surface area contributed by atoms with E-state index in [2.05, 4.69) is 0 Å². The minimum Gasteiger partial charge on any atom is -0.506 e. The van der Waals surface area contributed by atoms with E-state index in [1.807, 2.05) is 0 Å². The Labute approximate surface area is 96.1 Å². The average Bonchev–Trinajstić information content (AvgIpc) is 2.14. The monoisotopic (exact) mass is 265 g/mol. The summed E-state index contributed by atoms with van der Waals surface area (Å²) in [6.07, 6.45) is 0. The molecule has 0 heterocycles. The van der Waals surface area contributed by atoms with Crippen molar-refractivity contribution in [1.82, 2.24) is 0 Å². The zero-order valence-electron chi connectivity index (χ0n) is 7.24. The second-order valence-electron chi connectivity index (χ2n) is 2.67. The maximum Gasteiger partial charge on any atom is 0.265 e. The van der Waals surface area contributed by atoms with Crippen molar-refractivity contribution >= 4 is 31.3 Å². The van der Waals surface area contributed by atoms with Crippen LogP contribution in [-0.2, 0) is 14.9 Å². The van der Waals surface area contributed by atoms with Gasteiger partial charge in [0.15, 0.2) is 0 Å². The van der Waals surface area contributed by atoms with Gasteiger partial charge in [-0.15, -0.1) is 11.6 Å². The Morgan fingerprint density at radius 2 is 2.07 bits per heavy atom. The second kappa shape index (κ2) is 4.27. The number of alkyl halides is 1. The molecule has 7 heteroatoms. The molecule has 0 amide bonds. The molecule has 0 fully saturated rings. The van der Waals surface area contributed by atoms with Crippen molar-refractivity contribution in [3.8, 4) is 11.8 Å². The van der Waals surface area contributed by atoms with Crippen molar-refractivity contribution < 1.29 is 13.5 Å². The summed E-state index contributed by atoms with van der Waals surface area (Å²) in [5, 5.41) is 18.0. The Hall–Kier alpha value is -0.960. The quantitative estimate of drug-likeness (QED) is 0.655. The van der Waals surface area contributed by atoms with Crippen molar-refractivity contribution in [3.63, 3.8) is 0 Å². The number of halogens is 2. The lowest BCUT2D eigenvalue weighted by Gasteiger charge is -2.06. The highest BCUT2D eigenvalue weighted by Gasteiger charge is 2.21. The molecule has 80 valence electrons. The molecule has 0 radical (unpaired) electrons. The van der Waals surface area contributed by atoms with E-state index in [1.165, 1.54) is 6.07 Å². The number of benzene rings is 1. The summed E-state index contributed by atoms with van der Waals surface area (Å²) in [6, 6.07) is 4.05. The van der Waals surface area contributed by atoms with E-state index in [0.29, 0.717) is 0 Å². The Morgan fingerprint density at radius 3 is 2.47 bits per heavy atom. The van der Waals surface area contributed by atoms with Crippen molar-refractivity contribution in [2.45, 2.75) is 10.8 Å². The van der Waals surface area contributed by atoms with Crippen LogP contribution >= 0.6 is 22.3 Å². The minimum absolute atomic E-state index is 0.100. The number of nitrogens with zero attached hydrogens (tertiary/aromatic N) is 1. The summed E-state index contributed by atoms with van der Waals surface area (Å²) in [7, 11) is 1.04. The number of hydrogen-bond acceptors (Lipinski definition) is 4. The molecule has 0 aromatic heterocycles. The molecule has 1 N–H and O–H groups in total. The van der Waals surface area contributed by atoms with E-state index in [0.717, 1.165) is 6.07 Å². The van der Waals surface area contributed by atoms with Gasteiger partial charge in [0.2, 0.25) is 0 Å². The molecule has 15 heavy (non-hydrogen) atoms. The lowest BCUT2D eigenvalue weighted by Crippen LogP contribution is -1.98. The molecule has 1 rings (SSSR count). The third kappa shape index (κ3) is 2.53. The first-order chi connectivity index (χ1) is 6.90. The van der Waals surface area contributed by atoms with Crippen LogP contribution in [0.5, 0.6) is 5.75 Å². The summed E-state index contributed by atoms with van der Waals surface area (Å²) >= 11 is 5.50. The number of nitriles is 1. The largest absolute Gasteiger partial charge is 0.506 e. The van der Waals surface area contributed by atoms with Gasteiger partial charge < -0.3 is 5.11 Å². The van der Waals surface area contributed by atoms with Gasteiger partial charge in [-0.1, -0.05) is 0 Å². The molecule has 0 bridgehead atoms. The fraction of sp³-hybridized carbons (Fsp3) is 0.125. The van der Waals surface area contributed by atoms with Gasteiger partial charge in [-0.2, -0.15) is 5.26 Å². The number of rotatable bonds is 2.